The SMILES string of the molecule is NC[C@H](Cc1ccccc1C(F)(F)F)NC(=O)c1coc(-c2ccn[nH]2)c1. The normalized spacial score (nSPS) is 12.7. The van der Waals surface area contributed by atoms with E-state index in [-0.39, 0.29) is 24.1 Å². The first kappa shape index (κ1) is 18.7. The van der Waals surface area contributed by atoms with Gasteiger partial charge in [0.15, 0.2) is 5.76 Å². The Kier molecular flexibility index (Phi) is 5.31. The highest BCUT2D eigenvalue weighted by atomic mass is 19.4. The van der Waals surface area contributed by atoms with Crippen LogP contribution >= 0.6 is 0 Å². The monoisotopic (exact) mass is 378 g/mol. The highest BCUT2D eigenvalue weighted by molar-refractivity contribution is 5.95. The second kappa shape index (κ2) is 7.67. The Balaban J connectivity index is 1.72. The van der Waals surface area contributed by atoms with E-state index in [2.05, 4.69) is 15.5 Å². The molecular formula is C18H17F3N4O2. The number of hydrogen-bond donors (Lipinski definition) is 3. The van der Waals surface area contributed by atoms with E-state index in [1.165, 1.54) is 30.5 Å². The summed E-state index contributed by atoms with van der Waals surface area (Å²) in [6, 6.07) is 7.77. The molecule has 27 heavy (non-hydrogen) atoms. The fraction of sp³-hybridized carbons (Fsp3) is 0.222. The number of carbonyl (C=O) groups is 1. The molecule has 1 atom stereocenters. The van der Waals surface area contributed by atoms with Gasteiger partial charge < -0.3 is 15.5 Å². The van der Waals surface area contributed by atoms with Gasteiger partial charge in [-0.05, 0) is 30.2 Å². The van der Waals surface area contributed by atoms with E-state index in [9.17, 15) is 18.0 Å². The van der Waals surface area contributed by atoms with Crippen molar-refractivity contribution < 1.29 is 22.4 Å². The second-order valence-corrected chi connectivity index (χ2v) is 5.94. The van der Waals surface area contributed by atoms with Crippen LogP contribution in [-0.2, 0) is 12.6 Å². The number of amides is 1. The van der Waals surface area contributed by atoms with Crippen molar-refractivity contribution in [2.24, 2.45) is 5.73 Å². The predicted molar refractivity (Wildman–Crippen MR) is 91.7 cm³/mol. The van der Waals surface area contributed by atoms with E-state index in [0.717, 1.165) is 6.07 Å². The third-order valence-corrected chi connectivity index (χ3v) is 4.04. The molecule has 4 N–H and O–H groups in total. The van der Waals surface area contributed by atoms with Crippen LogP contribution in [0, 0.1) is 0 Å². The van der Waals surface area contributed by atoms with Crippen LogP contribution in [0.5, 0.6) is 0 Å². The molecule has 0 aliphatic heterocycles. The third kappa shape index (κ3) is 4.37. The van der Waals surface area contributed by atoms with Crippen molar-refractivity contribution in [3.8, 4) is 11.5 Å². The van der Waals surface area contributed by atoms with E-state index < -0.39 is 23.7 Å². The van der Waals surface area contributed by atoms with Crippen LogP contribution in [0.15, 0.2) is 53.3 Å². The summed E-state index contributed by atoms with van der Waals surface area (Å²) in [5.41, 5.74) is 5.84. The fourth-order valence-electron chi connectivity index (χ4n) is 2.69. The van der Waals surface area contributed by atoms with Crippen LogP contribution in [0.3, 0.4) is 0 Å². The molecule has 0 spiro atoms. The van der Waals surface area contributed by atoms with Crippen LogP contribution in [0.4, 0.5) is 13.2 Å². The summed E-state index contributed by atoms with van der Waals surface area (Å²) in [6.07, 6.45) is -1.70. The summed E-state index contributed by atoms with van der Waals surface area (Å²) >= 11 is 0. The molecule has 1 amide bonds. The number of aromatic nitrogens is 2. The topological polar surface area (TPSA) is 96.9 Å². The van der Waals surface area contributed by atoms with Crippen molar-refractivity contribution in [1.29, 1.82) is 0 Å². The molecule has 0 aliphatic rings. The number of nitrogens with zero attached hydrogens (tertiary/aromatic N) is 1. The van der Waals surface area contributed by atoms with E-state index in [0.29, 0.717) is 11.5 Å². The minimum absolute atomic E-state index is 0.0107. The maximum absolute atomic E-state index is 13.1. The second-order valence-electron chi connectivity index (χ2n) is 5.94. The largest absolute Gasteiger partial charge is 0.462 e. The molecular weight excluding hydrogens is 361 g/mol. The third-order valence-electron chi connectivity index (χ3n) is 4.04. The van der Waals surface area contributed by atoms with Gasteiger partial charge in [0.2, 0.25) is 0 Å². The number of nitrogens with one attached hydrogen (secondary N) is 2. The Morgan fingerprint density at radius 1 is 1.30 bits per heavy atom. The lowest BCUT2D eigenvalue weighted by Gasteiger charge is -2.19. The number of furan rings is 1. The Bertz CT molecular complexity index is 903. The zero-order valence-electron chi connectivity index (χ0n) is 14.1. The zero-order valence-corrected chi connectivity index (χ0v) is 14.1. The van der Waals surface area contributed by atoms with Crippen LogP contribution < -0.4 is 11.1 Å². The summed E-state index contributed by atoms with van der Waals surface area (Å²) in [4.78, 5) is 12.4. The van der Waals surface area contributed by atoms with Gasteiger partial charge in [-0.25, -0.2) is 0 Å². The molecule has 0 saturated carbocycles. The number of benzene rings is 1. The molecule has 6 nitrogen and oxygen atoms in total. The first-order valence-electron chi connectivity index (χ1n) is 8.13. The molecule has 9 heteroatoms. The quantitative estimate of drug-likeness (QED) is 0.614. The Morgan fingerprint density at radius 3 is 2.74 bits per heavy atom. The van der Waals surface area contributed by atoms with Gasteiger partial charge in [-0.3, -0.25) is 9.89 Å². The number of alkyl halides is 3. The molecule has 1 aromatic carbocycles. The summed E-state index contributed by atoms with van der Waals surface area (Å²) < 4.78 is 44.7. The average molecular weight is 378 g/mol. The van der Waals surface area contributed by atoms with Crippen molar-refractivity contribution in [1.82, 2.24) is 15.5 Å². The maximum Gasteiger partial charge on any atom is 0.416 e. The highest BCUT2D eigenvalue weighted by Gasteiger charge is 2.33. The Morgan fingerprint density at radius 2 is 2.07 bits per heavy atom. The average Bonchev–Trinajstić information content (AvgIpc) is 3.31. The number of aromatic amines is 1. The molecule has 0 radical (unpaired) electrons. The van der Waals surface area contributed by atoms with Crippen LogP contribution in [-0.4, -0.2) is 28.7 Å². The molecule has 3 aromatic rings. The number of rotatable bonds is 6. The molecule has 3 rings (SSSR count). The molecule has 2 heterocycles. The number of H-pyrrole nitrogens is 1. The van der Waals surface area contributed by atoms with Gasteiger partial charge in [0.05, 0.1) is 11.1 Å². The first-order chi connectivity index (χ1) is 12.9. The van der Waals surface area contributed by atoms with Gasteiger partial charge in [-0.15, -0.1) is 0 Å². The van der Waals surface area contributed by atoms with Crippen molar-refractivity contribution in [2.75, 3.05) is 6.54 Å². The molecule has 142 valence electrons. The van der Waals surface area contributed by atoms with E-state index in [4.69, 9.17) is 10.2 Å². The molecule has 0 fully saturated rings. The summed E-state index contributed by atoms with van der Waals surface area (Å²) in [7, 11) is 0. The summed E-state index contributed by atoms with van der Waals surface area (Å²) in [6.45, 7) is -0.0107. The van der Waals surface area contributed by atoms with Crippen molar-refractivity contribution >= 4 is 5.91 Å². The lowest BCUT2D eigenvalue weighted by molar-refractivity contribution is -0.138. The maximum atomic E-state index is 13.1. The number of nitrogens with two attached hydrogens (primary N) is 1. The van der Waals surface area contributed by atoms with Crippen molar-refractivity contribution in [2.45, 2.75) is 18.6 Å². The minimum Gasteiger partial charge on any atom is -0.462 e. The number of hydrogen-bond acceptors (Lipinski definition) is 4. The van der Waals surface area contributed by atoms with Gasteiger partial charge in [-0.1, -0.05) is 18.2 Å². The Labute approximate surface area is 152 Å². The summed E-state index contributed by atoms with van der Waals surface area (Å²) in [5.74, 6) is -0.0613. The van der Waals surface area contributed by atoms with E-state index in [1.54, 1.807) is 12.3 Å². The van der Waals surface area contributed by atoms with E-state index >= 15 is 0 Å². The van der Waals surface area contributed by atoms with Crippen LogP contribution in [0.1, 0.15) is 21.5 Å². The number of carbonyl (C=O) groups excluding carboxylic acids is 1. The minimum atomic E-state index is -4.47. The smallest absolute Gasteiger partial charge is 0.416 e. The lowest BCUT2D eigenvalue weighted by Crippen LogP contribution is -2.41. The van der Waals surface area contributed by atoms with Crippen LogP contribution in [0.25, 0.3) is 11.5 Å². The van der Waals surface area contributed by atoms with Crippen LogP contribution in [0.2, 0.25) is 0 Å². The van der Waals surface area contributed by atoms with Crippen molar-refractivity contribution in [3.05, 3.63) is 65.5 Å². The number of halogens is 3. The molecule has 0 bridgehead atoms. The van der Waals surface area contributed by atoms with Gasteiger partial charge >= 0.3 is 6.18 Å². The van der Waals surface area contributed by atoms with Gasteiger partial charge in [0.1, 0.15) is 12.0 Å². The first-order valence-corrected chi connectivity index (χ1v) is 8.13. The molecule has 2 aromatic heterocycles. The van der Waals surface area contributed by atoms with Gasteiger partial charge in [-0.2, -0.15) is 18.3 Å². The zero-order chi connectivity index (χ0) is 19.4. The Hall–Kier alpha value is -3.07. The van der Waals surface area contributed by atoms with E-state index in [1.807, 2.05) is 0 Å². The highest BCUT2D eigenvalue weighted by Crippen LogP contribution is 2.32. The molecule has 0 aliphatic carbocycles. The molecule has 0 saturated heterocycles. The fourth-order valence-corrected chi connectivity index (χ4v) is 2.69. The standard InChI is InChI=1S/C18H17F3N4O2/c19-18(20,21)14-4-2-1-3-11(14)7-13(9-22)24-17(26)12-8-16(27-10-12)15-5-6-23-25-15/h1-6,8,10,13H,7,9,22H2,(H,23,25)(H,24,26)/t13-/m0/s1. The van der Waals surface area contributed by atoms with Gasteiger partial charge in [0, 0.05) is 18.8 Å². The summed E-state index contributed by atoms with van der Waals surface area (Å²) in [5, 5.41) is 9.16. The molecule has 0 unspecified atom stereocenters. The predicted octanol–water partition coefficient (Wildman–Crippen LogP) is 2.99. The van der Waals surface area contributed by atoms with Crippen molar-refractivity contribution in [3.63, 3.8) is 0 Å². The van der Waals surface area contributed by atoms with Gasteiger partial charge in [0.25, 0.3) is 5.91 Å². The lowest BCUT2D eigenvalue weighted by atomic mass is 9.99.